The third-order valence-electron chi connectivity index (χ3n) is 4.41. The van der Waals surface area contributed by atoms with Gasteiger partial charge in [-0.25, -0.2) is 0 Å². The molecule has 1 heterocycles. The first kappa shape index (κ1) is 21.2. The molecule has 150 valence electrons. The molecular formula is C21H34N4O2. The average molecular weight is 375 g/mol. The van der Waals surface area contributed by atoms with Crippen LogP contribution in [0.3, 0.4) is 0 Å². The second-order valence-electron chi connectivity index (χ2n) is 8.10. The molecule has 2 atom stereocenters. The number of carbonyl (C=O) groups excluding carboxylic acids is 1. The van der Waals surface area contributed by atoms with Crippen LogP contribution in [-0.4, -0.2) is 55.6 Å². The number of amides is 1. The van der Waals surface area contributed by atoms with E-state index in [0.717, 1.165) is 25.5 Å². The van der Waals surface area contributed by atoms with E-state index in [9.17, 15) is 4.79 Å². The fraction of sp³-hybridized carbons (Fsp3) is 0.619. The second kappa shape index (κ2) is 9.74. The van der Waals surface area contributed by atoms with Crippen LogP contribution in [0.2, 0.25) is 0 Å². The summed E-state index contributed by atoms with van der Waals surface area (Å²) >= 11 is 0. The highest BCUT2D eigenvalue weighted by molar-refractivity contribution is 5.86. The summed E-state index contributed by atoms with van der Waals surface area (Å²) in [5.74, 6) is 1.08. The van der Waals surface area contributed by atoms with Crippen LogP contribution in [0.4, 0.5) is 0 Å². The van der Waals surface area contributed by atoms with Crippen molar-refractivity contribution in [2.45, 2.75) is 45.8 Å². The summed E-state index contributed by atoms with van der Waals surface area (Å²) in [7, 11) is 1.89. The Hall–Kier alpha value is -2.08. The topological polar surface area (TPSA) is 66.0 Å². The summed E-state index contributed by atoms with van der Waals surface area (Å²) < 4.78 is 5.96. The molecular weight excluding hydrogens is 340 g/mol. The van der Waals surface area contributed by atoms with Gasteiger partial charge in [0, 0.05) is 38.2 Å². The number of aliphatic imine (C=N–C) groups is 1. The van der Waals surface area contributed by atoms with E-state index in [2.05, 4.69) is 22.8 Å². The van der Waals surface area contributed by atoms with Gasteiger partial charge in [0.25, 0.3) is 0 Å². The highest BCUT2D eigenvalue weighted by Crippen LogP contribution is 2.34. The van der Waals surface area contributed by atoms with Crippen molar-refractivity contribution in [3.63, 3.8) is 0 Å². The molecule has 0 aromatic heterocycles. The largest absolute Gasteiger partial charge is 0.373 e. The molecule has 0 spiro atoms. The van der Waals surface area contributed by atoms with Crippen molar-refractivity contribution < 1.29 is 9.53 Å². The third kappa shape index (κ3) is 6.86. The highest BCUT2D eigenvalue weighted by atomic mass is 16.5. The summed E-state index contributed by atoms with van der Waals surface area (Å²) in [5.41, 5.74) is 0.968. The Morgan fingerprint density at radius 1 is 1.30 bits per heavy atom. The van der Waals surface area contributed by atoms with Crippen LogP contribution in [0.5, 0.6) is 0 Å². The van der Waals surface area contributed by atoms with E-state index in [1.54, 1.807) is 0 Å². The van der Waals surface area contributed by atoms with Crippen LogP contribution in [0.15, 0.2) is 35.3 Å². The minimum absolute atomic E-state index is 0.0121. The van der Waals surface area contributed by atoms with Crippen LogP contribution in [-0.2, 0) is 9.53 Å². The van der Waals surface area contributed by atoms with Gasteiger partial charge in [0.05, 0.1) is 12.6 Å². The lowest BCUT2D eigenvalue weighted by molar-refractivity contribution is -0.122. The van der Waals surface area contributed by atoms with E-state index in [0.29, 0.717) is 12.5 Å². The number of rotatable bonds is 6. The summed E-state index contributed by atoms with van der Waals surface area (Å²) in [6.07, 6.45) is 1.09. The van der Waals surface area contributed by atoms with Gasteiger partial charge < -0.3 is 20.3 Å². The first-order valence-corrected chi connectivity index (χ1v) is 9.77. The van der Waals surface area contributed by atoms with Crippen molar-refractivity contribution >= 4 is 11.9 Å². The van der Waals surface area contributed by atoms with Crippen LogP contribution >= 0.6 is 0 Å². The molecule has 6 nitrogen and oxygen atoms in total. The minimum Gasteiger partial charge on any atom is -0.373 e. The van der Waals surface area contributed by atoms with E-state index >= 15 is 0 Å². The lowest BCUT2D eigenvalue weighted by atomic mass is 9.95. The number of carbonyl (C=O) groups is 1. The Kier molecular flexibility index (Phi) is 7.66. The van der Waals surface area contributed by atoms with Gasteiger partial charge in [0.1, 0.15) is 0 Å². The molecule has 1 aliphatic rings. The Balaban J connectivity index is 2.00. The van der Waals surface area contributed by atoms with Crippen LogP contribution in [0.1, 0.15) is 45.8 Å². The van der Waals surface area contributed by atoms with E-state index in [4.69, 9.17) is 9.73 Å². The van der Waals surface area contributed by atoms with Gasteiger partial charge in [-0.05, 0) is 39.7 Å². The maximum absolute atomic E-state index is 12.2. The molecule has 0 radical (unpaired) electrons. The summed E-state index contributed by atoms with van der Waals surface area (Å²) in [4.78, 5) is 18.9. The van der Waals surface area contributed by atoms with Crippen molar-refractivity contribution in [1.29, 1.82) is 0 Å². The zero-order valence-electron chi connectivity index (χ0n) is 17.3. The van der Waals surface area contributed by atoms with Crippen molar-refractivity contribution in [3.05, 3.63) is 35.9 Å². The first-order chi connectivity index (χ1) is 12.8. The van der Waals surface area contributed by atoms with E-state index in [1.165, 1.54) is 5.56 Å². The summed E-state index contributed by atoms with van der Waals surface area (Å²) in [5, 5.41) is 6.27. The number of nitrogens with one attached hydrogen (secondary N) is 2. The molecule has 1 amide bonds. The lowest BCUT2D eigenvalue weighted by Gasteiger charge is -2.26. The number of nitrogens with zero attached hydrogens (tertiary/aromatic N) is 2. The van der Waals surface area contributed by atoms with Crippen LogP contribution in [0, 0.1) is 5.92 Å². The third-order valence-corrected chi connectivity index (χ3v) is 4.41. The Morgan fingerprint density at radius 2 is 2.00 bits per heavy atom. The second-order valence-corrected chi connectivity index (χ2v) is 8.10. The van der Waals surface area contributed by atoms with Crippen LogP contribution < -0.4 is 10.6 Å². The minimum atomic E-state index is -0.239. The molecule has 1 fully saturated rings. The fourth-order valence-electron chi connectivity index (χ4n) is 3.25. The quantitative estimate of drug-likeness (QED) is 0.593. The van der Waals surface area contributed by atoms with Gasteiger partial charge in [-0.3, -0.25) is 9.79 Å². The molecule has 0 bridgehead atoms. The standard InChI is InChI=1S/C21H34N4O2/c1-6-22-20(25(5)15-18(26)24-21(2,3)4)23-14-17-12-13-27-19(17)16-10-8-7-9-11-16/h7-11,17,19H,6,12-15H2,1-5H3,(H,22,23)(H,24,26). The molecule has 27 heavy (non-hydrogen) atoms. The van der Waals surface area contributed by atoms with E-state index in [-0.39, 0.29) is 24.1 Å². The predicted octanol–water partition coefficient (Wildman–Crippen LogP) is 2.58. The monoisotopic (exact) mass is 374 g/mol. The summed E-state index contributed by atoms with van der Waals surface area (Å²) in [6.45, 7) is 10.4. The molecule has 1 aliphatic heterocycles. The first-order valence-electron chi connectivity index (χ1n) is 9.77. The van der Waals surface area contributed by atoms with Gasteiger partial charge in [-0.15, -0.1) is 0 Å². The number of hydrogen-bond acceptors (Lipinski definition) is 3. The zero-order valence-corrected chi connectivity index (χ0v) is 17.3. The highest BCUT2D eigenvalue weighted by Gasteiger charge is 2.29. The van der Waals surface area contributed by atoms with Crippen LogP contribution in [0.25, 0.3) is 0 Å². The lowest BCUT2D eigenvalue weighted by Crippen LogP contribution is -2.48. The predicted molar refractivity (Wildman–Crippen MR) is 110 cm³/mol. The maximum Gasteiger partial charge on any atom is 0.240 e. The average Bonchev–Trinajstić information content (AvgIpc) is 3.06. The molecule has 2 N–H and O–H groups in total. The number of hydrogen-bond donors (Lipinski definition) is 2. The smallest absolute Gasteiger partial charge is 0.240 e. The fourth-order valence-corrected chi connectivity index (χ4v) is 3.25. The summed E-state index contributed by atoms with van der Waals surface area (Å²) in [6, 6.07) is 10.3. The Labute approximate surface area is 163 Å². The van der Waals surface area contributed by atoms with Crippen molar-refractivity contribution in [3.8, 4) is 0 Å². The van der Waals surface area contributed by atoms with Gasteiger partial charge in [0.15, 0.2) is 5.96 Å². The van der Waals surface area contributed by atoms with Gasteiger partial charge in [-0.1, -0.05) is 30.3 Å². The van der Waals surface area contributed by atoms with Gasteiger partial charge in [0.2, 0.25) is 5.91 Å². The molecule has 0 saturated carbocycles. The molecule has 0 aliphatic carbocycles. The number of ether oxygens (including phenoxy) is 1. The molecule has 1 aromatic carbocycles. The number of guanidine groups is 1. The molecule has 1 aromatic rings. The molecule has 1 saturated heterocycles. The van der Waals surface area contributed by atoms with Crippen molar-refractivity contribution in [2.75, 3.05) is 33.3 Å². The SMILES string of the molecule is CCNC(=NCC1CCOC1c1ccccc1)N(C)CC(=O)NC(C)(C)C. The molecule has 6 heteroatoms. The van der Waals surface area contributed by atoms with Crippen molar-refractivity contribution in [2.24, 2.45) is 10.9 Å². The van der Waals surface area contributed by atoms with E-state index < -0.39 is 0 Å². The normalized spacial score (nSPS) is 20.4. The molecule has 2 unspecified atom stereocenters. The Morgan fingerprint density at radius 3 is 2.63 bits per heavy atom. The molecule has 2 rings (SSSR count). The number of benzene rings is 1. The maximum atomic E-state index is 12.2. The van der Waals surface area contributed by atoms with Gasteiger partial charge >= 0.3 is 0 Å². The van der Waals surface area contributed by atoms with E-state index in [1.807, 2.05) is 57.8 Å². The van der Waals surface area contributed by atoms with Crippen molar-refractivity contribution in [1.82, 2.24) is 15.5 Å². The van der Waals surface area contributed by atoms with Gasteiger partial charge in [-0.2, -0.15) is 0 Å². The Bertz CT molecular complexity index is 625. The zero-order chi connectivity index (χ0) is 19.9. The number of likely N-dealkylation sites (N-methyl/N-ethyl adjacent to an activating group) is 1.